The fourth-order valence-corrected chi connectivity index (χ4v) is 3.72. The number of hydrogen-bond donors (Lipinski definition) is 1. The Labute approximate surface area is 199 Å². The number of methoxy groups -OCH3 is 2. The zero-order chi connectivity index (χ0) is 23.4. The van der Waals surface area contributed by atoms with Crippen molar-refractivity contribution in [1.82, 2.24) is 20.0 Å². The molecule has 0 unspecified atom stereocenters. The van der Waals surface area contributed by atoms with Crippen LogP contribution in [0.3, 0.4) is 0 Å². The van der Waals surface area contributed by atoms with E-state index in [1.54, 1.807) is 48.5 Å². The van der Waals surface area contributed by atoms with Crippen molar-refractivity contribution >= 4 is 45.5 Å². The number of halogens is 2. The van der Waals surface area contributed by atoms with Gasteiger partial charge in [-0.05, 0) is 12.1 Å². The van der Waals surface area contributed by atoms with Crippen molar-refractivity contribution in [2.45, 2.75) is 6.54 Å². The van der Waals surface area contributed by atoms with Crippen molar-refractivity contribution in [3.8, 4) is 23.3 Å². The molecule has 0 aliphatic rings. The number of aromatic nitrogens is 4. The van der Waals surface area contributed by atoms with Crippen molar-refractivity contribution < 1.29 is 14.2 Å². The topological polar surface area (TPSA) is 107 Å². The molecule has 2 aromatic carbocycles. The van der Waals surface area contributed by atoms with Gasteiger partial charge in [0.05, 0.1) is 59.5 Å². The summed E-state index contributed by atoms with van der Waals surface area (Å²) in [5, 5.41) is 22.0. The highest BCUT2D eigenvalue weighted by molar-refractivity contribution is 6.37. The Balaban J connectivity index is 1.72. The molecule has 33 heavy (non-hydrogen) atoms. The molecule has 11 heteroatoms. The minimum Gasteiger partial charge on any atom is -0.495 e. The van der Waals surface area contributed by atoms with E-state index >= 15 is 0 Å². The van der Waals surface area contributed by atoms with Gasteiger partial charge in [0, 0.05) is 29.9 Å². The molecule has 1 N–H and O–H groups in total. The number of fused-ring (bicyclic) bond motifs is 1. The Hall–Kier alpha value is -3.74. The summed E-state index contributed by atoms with van der Waals surface area (Å²) in [6.45, 7) is 0.873. The summed E-state index contributed by atoms with van der Waals surface area (Å²) in [5.41, 5.74) is 1.97. The fourth-order valence-electron chi connectivity index (χ4n) is 3.21. The van der Waals surface area contributed by atoms with Crippen LogP contribution in [-0.4, -0.2) is 40.8 Å². The molecule has 0 bridgehead atoms. The Kier molecular flexibility index (Phi) is 6.68. The van der Waals surface area contributed by atoms with Crippen molar-refractivity contribution in [1.29, 1.82) is 5.26 Å². The fraction of sp³-hybridized carbons (Fsp3) is 0.182. The van der Waals surface area contributed by atoms with E-state index in [-0.39, 0.29) is 0 Å². The Morgan fingerprint density at radius 3 is 2.58 bits per heavy atom. The summed E-state index contributed by atoms with van der Waals surface area (Å²) in [6, 6.07) is 8.91. The third-order valence-electron chi connectivity index (χ3n) is 4.82. The Morgan fingerprint density at radius 2 is 1.88 bits per heavy atom. The largest absolute Gasteiger partial charge is 0.495 e. The van der Waals surface area contributed by atoms with Gasteiger partial charge < -0.3 is 19.5 Å². The van der Waals surface area contributed by atoms with E-state index in [1.165, 1.54) is 13.3 Å². The highest BCUT2D eigenvalue weighted by atomic mass is 35.5. The average molecular weight is 485 g/mol. The number of rotatable bonds is 8. The van der Waals surface area contributed by atoms with Crippen LogP contribution in [0.5, 0.6) is 17.2 Å². The molecule has 0 atom stereocenters. The van der Waals surface area contributed by atoms with Crippen LogP contribution >= 0.6 is 23.2 Å². The molecule has 0 spiro atoms. The molecule has 9 nitrogen and oxygen atoms in total. The van der Waals surface area contributed by atoms with E-state index < -0.39 is 0 Å². The Morgan fingerprint density at radius 1 is 1.06 bits per heavy atom. The first kappa shape index (κ1) is 22.5. The Bertz CT molecular complexity index is 1340. The van der Waals surface area contributed by atoms with Crippen molar-refractivity contribution in [3.63, 3.8) is 0 Å². The van der Waals surface area contributed by atoms with E-state index in [9.17, 15) is 5.26 Å². The van der Waals surface area contributed by atoms with E-state index in [0.29, 0.717) is 68.3 Å². The predicted molar refractivity (Wildman–Crippen MR) is 125 cm³/mol. The highest BCUT2D eigenvalue weighted by Crippen LogP contribution is 2.40. The smallest absolute Gasteiger partial charge is 0.163 e. The molecular weight excluding hydrogens is 467 g/mol. The summed E-state index contributed by atoms with van der Waals surface area (Å²) < 4.78 is 18.4. The summed E-state index contributed by atoms with van der Waals surface area (Å²) in [6.07, 6.45) is 4.84. The molecule has 0 amide bonds. The van der Waals surface area contributed by atoms with Gasteiger partial charge in [0.2, 0.25) is 0 Å². The standard InChI is InChI=1S/C22H18Cl2N6O3/c1-31-19-10-18(15(23)8-16(19)24)28-22-13(11-25)12-26-17-9-21(20(32-2)7-14(17)22)33-6-5-30-4-3-27-29-30/h3-4,7-10,12H,5-6H2,1-2H3,(H,26,28). The SMILES string of the molecule is COc1cc(Nc2c(C#N)cnc3cc(OCCn4ccnn4)c(OC)cc23)c(Cl)cc1Cl. The van der Waals surface area contributed by atoms with Crippen molar-refractivity contribution in [2.24, 2.45) is 0 Å². The quantitative estimate of drug-likeness (QED) is 0.378. The minimum absolute atomic E-state index is 0.328. The molecule has 2 aromatic heterocycles. The molecule has 4 rings (SSSR count). The van der Waals surface area contributed by atoms with Gasteiger partial charge in [-0.3, -0.25) is 4.98 Å². The van der Waals surface area contributed by atoms with Gasteiger partial charge in [-0.1, -0.05) is 28.4 Å². The zero-order valence-corrected chi connectivity index (χ0v) is 19.2. The number of benzene rings is 2. The maximum absolute atomic E-state index is 9.68. The average Bonchev–Trinajstić information content (AvgIpc) is 3.34. The maximum Gasteiger partial charge on any atom is 0.163 e. The molecule has 2 heterocycles. The lowest BCUT2D eigenvalue weighted by Gasteiger charge is -2.16. The lowest BCUT2D eigenvalue weighted by Crippen LogP contribution is -2.09. The van der Waals surface area contributed by atoms with Gasteiger partial charge in [-0.2, -0.15) is 5.26 Å². The summed E-state index contributed by atoms with van der Waals surface area (Å²) in [5.74, 6) is 1.45. The van der Waals surface area contributed by atoms with Crippen molar-refractivity contribution in [2.75, 3.05) is 26.1 Å². The van der Waals surface area contributed by atoms with Crippen LogP contribution in [0.4, 0.5) is 11.4 Å². The second kappa shape index (κ2) is 9.81. The van der Waals surface area contributed by atoms with Crippen LogP contribution in [0, 0.1) is 11.3 Å². The van der Waals surface area contributed by atoms with E-state index in [1.807, 2.05) is 0 Å². The first-order valence-corrected chi connectivity index (χ1v) is 10.5. The summed E-state index contributed by atoms with van der Waals surface area (Å²) in [7, 11) is 3.05. The normalized spacial score (nSPS) is 10.6. The molecule has 0 saturated heterocycles. The van der Waals surface area contributed by atoms with Gasteiger partial charge in [0.1, 0.15) is 18.4 Å². The second-order valence-electron chi connectivity index (χ2n) is 6.79. The first-order valence-electron chi connectivity index (χ1n) is 9.71. The molecule has 168 valence electrons. The van der Waals surface area contributed by atoms with Gasteiger partial charge in [-0.15, -0.1) is 5.10 Å². The number of anilines is 2. The van der Waals surface area contributed by atoms with Crippen LogP contribution in [0.1, 0.15) is 5.56 Å². The lowest BCUT2D eigenvalue weighted by atomic mass is 10.1. The monoisotopic (exact) mass is 484 g/mol. The molecule has 4 aromatic rings. The molecular formula is C22H18Cl2N6O3. The minimum atomic E-state index is 0.328. The van der Waals surface area contributed by atoms with Crippen LogP contribution in [0.25, 0.3) is 10.9 Å². The van der Waals surface area contributed by atoms with Crippen molar-refractivity contribution in [3.05, 3.63) is 58.5 Å². The number of ether oxygens (including phenoxy) is 3. The van der Waals surface area contributed by atoms with E-state index in [4.69, 9.17) is 37.4 Å². The van der Waals surface area contributed by atoms with Gasteiger partial charge in [0.15, 0.2) is 11.5 Å². The number of nitrogens with zero attached hydrogens (tertiary/aromatic N) is 5. The number of hydrogen-bond acceptors (Lipinski definition) is 8. The predicted octanol–water partition coefficient (Wildman–Crippen LogP) is 4.84. The molecule has 0 fully saturated rings. The molecule has 0 radical (unpaired) electrons. The number of pyridine rings is 1. The van der Waals surface area contributed by atoms with Crippen LogP contribution in [0.2, 0.25) is 10.0 Å². The highest BCUT2D eigenvalue weighted by Gasteiger charge is 2.16. The molecule has 0 aliphatic heterocycles. The third kappa shape index (κ3) is 4.72. The lowest BCUT2D eigenvalue weighted by molar-refractivity contribution is 0.273. The van der Waals surface area contributed by atoms with Gasteiger partial charge in [-0.25, -0.2) is 4.68 Å². The second-order valence-corrected chi connectivity index (χ2v) is 7.60. The maximum atomic E-state index is 9.68. The van der Waals surface area contributed by atoms with Gasteiger partial charge in [0.25, 0.3) is 0 Å². The summed E-state index contributed by atoms with van der Waals surface area (Å²) >= 11 is 12.5. The zero-order valence-electron chi connectivity index (χ0n) is 17.7. The van der Waals surface area contributed by atoms with Crippen LogP contribution in [-0.2, 0) is 6.54 Å². The molecule has 0 aliphatic carbocycles. The van der Waals surface area contributed by atoms with E-state index in [0.717, 1.165) is 0 Å². The number of nitrogens with one attached hydrogen (secondary N) is 1. The molecule has 0 saturated carbocycles. The van der Waals surface area contributed by atoms with Crippen LogP contribution < -0.4 is 19.5 Å². The van der Waals surface area contributed by atoms with Gasteiger partial charge >= 0.3 is 0 Å². The third-order valence-corrected chi connectivity index (χ3v) is 5.43. The van der Waals surface area contributed by atoms with Crippen LogP contribution in [0.15, 0.2) is 42.9 Å². The van der Waals surface area contributed by atoms with E-state index in [2.05, 4.69) is 26.7 Å². The first-order chi connectivity index (χ1) is 16.0. The summed E-state index contributed by atoms with van der Waals surface area (Å²) in [4.78, 5) is 4.41. The number of nitriles is 1.